The Labute approximate surface area is 73.9 Å². The van der Waals surface area contributed by atoms with Crippen molar-refractivity contribution in [3.05, 3.63) is 0 Å². The molecule has 6 N–H and O–H groups in total. The molecule has 1 aliphatic rings. The minimum absolute atomic E-state index is 0. The van der Waals surface area contributed by atoms with Gasteiger partial charge in [0.1, 0.15) is 18.3 Å². The van der Waals surface area contributed by atoms with Gasteiger partial charge in [0.05, 0.1) is 12.6 Å². The summed E-state index contributed by atoms with van der Waals surface area (Å²) in [5.74, 6) is 0. The van der Waals surface area contributed by atoms with E-state index in [0.29, 0.717) is 0 Å². The molecule has 0 saturated carbocycles. The molecule has 0 bridgehead atoms. The molecule has 1 fully saturated rings. The molecular formula is C6H14FNO5. The zero-order chi connectivity index (χ0) is 9.30. The number of aliphatic hydroxyl groups is 4. The van der Waals surface area contributed by atoms with Crippen molar-refractivity contribution in [2.24, 2.45) is 5.73 Å². The van der Waals surface area contributed by atoms with Crippen LogP contribution in [0.15, 0.2) is 0 Å². The Balaban J connectivity index is 0.00000144. The molecule has 80 valence electrons. The van der Waals surface area contributed by atoms with Crippen molar-refractivity contribution in [1.82, 2.24) is 0 Å². The zero-order valence-corrected chi connectivity index (χ0v) is 6.78. The maximum Gasteiger partial charge on any atom is 0.173 e. The molecule has 0 amide bonds. The van der Waals surface area contributed by atoms with Gasteiger partial charge in [-0.3, -0.25) is 4.70 Å². The highest BCUT2D eigenvalue weighted by Gasteiger charge is 2.41. The molecule has 13 heavy (non-hydrogen) atoms. The highest BCUT2D eigenvalue weighted by atomic mass is 19.0. The average molecular weight is 199 g/mol. The Bertz CT molecular complexity index is 155. The first-order valence-electron chi connectivity index (χ1n) is 3.64. The fraction of sp³-hybridized carbons (Fsp3) is 1.00. The lowest BCUT2D eigenvalue weighted by Crippen LogP contribution is -2.61. The van der Waals surface area contributed by atoms with E-state index in [-0.39, 0.29) is 4.70 Å². The molecule has 0 aromatic rings. The fourth-order valence-corrected chi connectivity index (χ4v) is 1.12. The van der Waals surface area contributed by atoms with Gasteiger partial charge in [0.2, 0.25) is 0 Å². The summed E-state index contributed by atoms with van der Waals surface area (Å²) in [4.78, 5) is 0. The van der Waals surface area contributed by atoms with Crippen molar-refractivity contribution in [2.45, 2.75) is 30.6 Å². The molecule has 1 heterocycles. The minimum atomic E-state index is -1.35. The maximum absolute atomic E-state index is 9.20. The van der Waals surface area contributed by atoms with E-state index >= 15 is 0 Å². The number of rotatable bonds is 1. The van der Waals surface area contributed by atoms with Crippen molar-refractivity contribution >= 4 is 0 Å². The van der Waals surface area contributed by atoms with E-state index in [1.54, 1.807) is 0 Å². The Hall–Kier alpha value is -0.310. The maximum atomic E-state index is 9.20. The van der Waals surface area contributed by atoms with Gasteiger partial charge in [0, 0.05) is 0 Å². The van der Waals surface area contributed by atoms with Gasteiger partial charge in [-0.1, -0.05) is 0 Å². The molecule has 0 aliphatic carbocycles. The van der Waals surface area contributed by atoms with E-state index in [0.717, 1.165) is 0 Å². The van der Waals surface area contributed by atoms with Gasteiger partial charge in [0.15, 0.2) is 6.29 Å². The monoisotopic (exact) mass is 199 g/mol. The third-order valence-electron chi connectivity index (χ3n) is 1.95. The van der Waals surface area contributed by atoms with E-state index < -0.39 is 37.3 Å². The zero-order valence-electron chi connectivity index (χ0n) is 6.78. The van der Waals surface area contributed by atoms with Crippen molar-refractivity contribution in [3.8, 4) is 0 Å². The second kappa shape index (κ2) is 4.80. The first-order valence-corrected chi connectivity index (χ1v) is 3.64. The Morgan fingerprint density at radius 2 is 1.69 bits per heavy atom. The van der Waals surface area contributed by atoms with Gasteiger partial charge < -0.3 is 30.9 Å². The van der Waals surface area contributed by atoms with Gasteiger partial charge in [-0.25, -0.2) is 0 Å². The Kier molecular flexibility index (Phi) is 4.68. The molecule has 7 heteroatoms. The molecule has 0 aromatic heterocycles. The van der Waals surface area contributed by atoms with Crippen molar-refractivity contribution in [1.29, 1.82) is 0 Å². The van der Waals surface area contributed by atoms with Crippen molar-refractivity contribution in [2.75, 3.05) is 6.61 Å². The van der Waals surface area contributed by atoms with Gasteiger partial charge in [0.25, 0.3) is 0 Å². The van der Waals surface area contributed by atoms with Crippen LogP contribution in [0, 0.1) is 0 Å². The van der Waals surface area contributed by atoms with Crippen molar-refractivity contribution in [3.63, 3.8) is 0 Å². The number of hydrogen-bond donors (Lipinski definition) is 5. The van der Waals surface area contributed by atoms with Crippen molar-refractivity contribution < 1.29 is 29.9 Å². The van der Waals surface area contributed by atoms with Crippen LogP contribution in [0.5, 0.6) is 0 Å². The summed E-state index contributed by atoms with van der Waals surface area (Å²) < 4.78 is 4.70. The smallest absolute Gasteiger partial charge is 0.173 e. The molecule has 1 saturated heterocycles. The average Bonchev–Trinajstić information content (AvgIpc) is 2.08. The quantitative estimate of drug-likeness (QED) is 0.305. The van der Waals surface area contributed by atoms with Gasteiger partial charge in [-0.15, -0.1) is 0 Å². The molecule has 1 rings (SSSR count). The molecule has 1 unspecified atom stereocenters. The number of halogens is 1. The van der Waals surface area contributed by atoms with E-state index in [9.17, 15) is 10.2 Å². The minimum Gasteiger partial charge on any atom is -0.394 e. The first kappa shape index (κ1) is 12.7. The Morgan fingerprint density at radius 3 is 2.15 bits per heavy atom. The number of hydrogen-bond acceptors (Lipinski definition) is 6. The summed E-state index contributed by atoms with van der Waals surface area (Å²) in [6.45, 7) is -0.470. The predicted molar refractivity (Wildman–Crippen MR) is 40.5 cm³/mol. The molecule has 0 radical (unpaired) electrons. The first-order chi connectivity index (χ1) is 5.57. The van der Waals surface area contributed by atoms with Crippen LogP contribution in [0.3, 0.4) is 0 Å². The van der Waals surface area contributed by atoms with Crippen LogP contribution in [0.1, 0.15) is 0 Å². The third kappa shape index (κ3) is 2.33. The van der Waals surface area contributed by atoms with E-state index in [1.165, 1.54) is 0 Å². The molecule has 1 aliphatic heterocycles. The summed E-state index contributed by atoms with van der Waals surface area (Å²) in [6, 6.07) is -1.04. The SMILES string of the molecule is F.N[C@H]1C(O)O[C@@H](CO)[C@H](O)[C@H]1O. The van der Waals surface area contributed by atoms with Crippen LogP contribution in [0.4, 0.5) is 4.70 Å². The highest BCUT2D eigenvalue weighted by molar-refractivity contribution is 4.90. The van der Waals surface area contributed by atoms with E-state index in [4.69, 9.17) is 20.7 Å². The van der Waals surface area contributed by atoms with Crippen LogP contribution < -0.4 is 5.73 Å². The summed E-state index contributed by atoms with van der Waals surface area (Å²) in [5.41, 5.74) is 5.26. The van der Waals surface area contributed by atoms with Gasteiger partial charge in [-0.05, 0) is 0 Å². The highest BCUT2D eigenvalue weighted by Crippen LogP contribution is 2.17. The van der Waals surface area contributed by atoms with Crippen LogP contribution >= 0.6 is 0 Å². The van der Waals surface area contributed by atoms with Crippen LogP contribution in [0.2, 0.25) is 0 Å². The fourth-order valence-electron chi connectivity index (χ4n) is 1.12. The number of nitrogens with two attached hydrogens (primary N) is 1. The molecule has 6 nitrogen and oxygen atoms in total. The molecular weight excluding hydrogens is 185 g/mol. The standard InChI is InChI=1S/C6H13NO5.FH/c7-3-5(10)4(9)2(1-8)12-6(3)11;/h2-6,8-11H,1,7H2;1H/t2-,3+,4-,5-,6?;/m0./s1. The van der Waals surface area contributed by atoms with Crippen LogP contribution in [0.25, 0.3) is 0 Å². The second-order valence-electron chi connectivity index (χ2n) is 2.81. The topological polar surface area (TPSA) is 116 Å². The third-order valence-corrected chi connectivity index (χ3v) is 1.95. The number of aliphatic hydroxyl groups excluding tert-OH is 4. The normalized spacial score (nSPS) is 45.5. The van der Waals surface area contributed by atoms with Crippen LogP contribution in [-0.2, 0) is 4.74 Å². The predicted octanol–water partition coefficient (Wildman–Crippen LogP) is -3.10. The van der Waals surface area contributed by atoms with Crippen LogP contribution in [-0.4, -0.2) is 57.7 Å². The second-order valence-corrected chi connectivity index (χ2v) is 2.81. The molecule has 0 aromatic carbocycles. The summed E-state index contributed by atoms with van der Waals surface area (Å²) in [5, 5.41) is 36.1. The van der Waals surface area contributed by atoms with Gasteiger partial charge >= 0.3 is 0 Å². The van der Waals surface area contributed by atoms with Gasteiger partial charge in [-0.2, -0.15) is 0 Å². The summed E-state index contributed by atoms with van der Waals surface area (Å²) in [6.07, 6.45) is -4.85. The Morgan fingerprint density at radius 1 is 1.15 bits per heavy atom. The largest absolute Gasteiger partial charge is 0.394 e. The number of ether oxygens (including phenoxy) is 1. The lowest BCUT2D eigenvalue weighted by atomic mass is 9.98. The van der Waals surface area contributed by atoms with E-state index in [1.807, 2.05) is 0 Å². The molecule has 5 atom stereocenters. The van der Waals surface area contributed by atoms with E-state index in [2.05, 4.69) is 0 Å². The lowest BCUT2D eigenvalue weighted by Gasteiger charge is -2.38. The molecule has 0 spiro atoms. The summed E-state index contributed by atoms with van der Waals surface area (Å²) in [7, 11) is 0. The summed E-state index contributed by atoms with van der Waals surface area (Å²) >= 11 is 0. The lowest BCUT2D eigenvalue weighted by molar-refractivity contribution is -0.248.